The van der Waals surface area contributed by atoms with E-state index in [9.17, 15) is 10.1 Å². The van der Waals surface area contributed by atoms with Gasteiger partial charge in [0.05, 0.1) is 19.3 Å². The predicted molar refractivity (Wildman–Crippen MR) is 85.4 cm³/mol. The van der Waals surface area contributed by atoms with Gasteiger partial charge in [-0.25, -0.2) is 0 Å². The van der Waals surface area contributed by atoms with Gasteiger partial charge in [-0.3, -0.25) is 4.79 Å². The van der Waals surface area contributed by atoms with E-state index in [1.807, 2.05) is 6.92 Å². The molecule has 0 aromatic rings. The number of carbonyl (C=O) groups is 1. The molecule has 1 saturated heterocycles. The van der Waals surface area contributed by atoms with Crippen molar-refractivity contribution in [3.05, 3.63) is 0 Å². The summed E-state index contributed by atoms with van der Waals surface area (Å²) >= 11 is 0. The molecule has 23 heavy (non-hydrogen) atoms. The number of hydrogen-bond acceptors (Lipinski definition) is 5. The second-order valence-corrected chi connectivity index (χ2v) is 6.87. The van der Waals surface area contributed by atoms with E-state index >= 15 is 0 Å². The maximum atomic E-state index is 12.5. The summed E-state index contributed by atoms with van der Waals surface area (Å²) < 4.78 is 16.7. The van der Waals surface area contributed by atoms with Crippen LogP contribution in [0.3, 0.4) is 0 Å². The molecule has 1 heterocycles. The van der Waals surface area contributed by atoms with Gasteiger partial charge in [-0.2, -0.15) is 5.26 Å². The second kappa shape index (κ2) is 8.65. The van der Waals surface area contributed by atoms with Crippen molar-refractivity contribution in [2.24, 2.45) is 11.3 Å². The minimum atomic E-state index is -1.30. The van der Waals surface area contributed by atoms with Crippen LogP contribution in [0.25, 0.3) is 0 Å². The van der Waals surface area contributed by atoms with Crippen LogP contribution < -0.4 is 0 Å². The van der Waals surface area contributed by atoms with Crippen LogP contribution in [-0.2, 0) is 19.0 Å². The standard InChI is InChI=1S/C18H29NO4/c1-3-5-14-7-9-15(10-8-14)23-17(20)18(11-19)12-21-16(6-4-2)22-13-18/h14-16H,3-10,12-13H2,1-2H3/t14?,15?,16-,18+. The first-order valence-corrected chi connectivity index (χ1v) is 8.99. The lowest BCUT2D eigenvalue weighted by molar-refractivity contribution is -0.228. The SMILES string of the molecule is CCCC1CCC(OC(=O)[C@]2(C#N)CO[C@H](CCC)OC2)CC1. The molecule has 5 heteroatoms. The summed E-state index contributed by atoms with van der Waals surface area (Å²) in [6.07, 6.45) is 7.83. The molecule has 2 rings (SSSR count). The molecule has 0 aromatic carbocycles. The number of carbonyl (C=O) groups excluding carboxylic acids is 1. The highest BCUT2D eigenvalue weighted by Gasteiger charge is 2.46. The number of hydrogen-bond donors (Lipinski definition) is 0. The monoisotopic (exact) mass is 323 g/mol. The highest BCUT2D eigenvalue weighted by molar-refractivity contribution is 5.80. The zero-order chi connectivity index (χ0) is 16.7. The molecule has 0 amide bonds. The third-order valence-corrected chi connectivity index (χ3v) is 4.92. The number of esters is 1. The van der Waals surface area contributed by atoms with Crippen molar-refractivity contribution in [2.75, 3.05) is 13.2 Å². The van der Waals surface area contributed by atoms with E-state index in [-0.39, 0.29) is 25.6 Å². The molecule has 1 aliphatic heterocycles. The fraction of sp³-hybridized carbons (Fsp3) is 0.889. The molecule has 0 N–H and O–H groups in total. The van der Waals surface area contributed by atoms with Gasteiger partial charge in [-0.15, -0.1) is 0 Å². The van der Waals surface area contributed by atoms with Crippen molar-refractivity contribution < 1.29 is 19.0 Å². The smallest absolute Gasteiger partial charge is 0.331 e. The third-order valence-electron chi connectivity index (χ3n) is 4.92. The number of nitriles is 1. The number of ether oxygens (including phenoxy) is 3. The average molecular weight is 323 g/mol. The Balaban J connectivity index is 1.83. The summed E-state index contributed by atoms with van der Waals surface area (Å²) in [6, 6.07) is 2.07. The first-order valence-electron chi connectivity index (χ1n) is 8.99. The summed E-state index contributed by atoms with van der Waals surface area (Å²) in [7, 11) is 0. The zero-order valence-electron chi connectivity index (χ0n) is 14.4. The fourth-order valence-electron chi connectivity index (χ4n) is 3.40. The lowest BCUT2D eigenvalue weighted by atomic mass is 9.84. The van der Waals surface area contributed by atoms with Gasteiger partial charge in [-0.05, 0) is 38.0 Å². The number of nitrogens with zero attached hydrogens (tertiary/aromatic N) is 1. The quantitative estimate of drug-likeness (QED) is 0.699. The van der Waals surface area contributed by atoms with Crippen molar-refractivity contribution in [1.29, 1.82) is 5.26 Å². The van der Waals surface area contributed by atoms with E-state index in [0.717, 1.165) is 44.4 Å². The topological polar surface area (TPSA) is 68.6 Å². The first-order chi connectivity index (χ1) is 11.1. The Morgan fingerprint density at radius 2 is 1.74 bits per heavy atom. The fourth-order valence-corrected chi connectivity index (χ4v) is 3.40. The molecule has 5 nitrogen and oxygen atoms in total. The van der Waals surface area contributed by atoms with Gasteiger partial charge in [0.25, 0.3) is 0 Å². The normalized spacial score (nSPS) is 34.6. The molecule has 0 atom stereocenters. The molecule has 0 spiro atoms. The molecule has 1 saturated carbocycles. The van der Waals surface area contributed by atoms with Crippen LogP contribution in [0.1, 0.15) is 65.2 Å². The van der Waals surface area contributed by atoms with Gasteiger partial charge in [0, 0.05) is 0 Å². The summed E-state index contributed by atoms with van der Waals surface area (Å²) in [4.78, 5) is 12.5. The van der Waals surface area contributed by atoms with Crippen molar-refractivity contribution in [3.63, 3.8) is 0 Å². The predicted octanol–water partition coefficient (Wildman–Crippen LogP) is 3.57. The summed E-state index contributed by atoms with van der Waals surface area (Å²) in [5.74, 6) is 0.282. The average Bonchev–Trinajstić information content (AvgIpc) is 2.58. The van der Waals surface area contributed by atoms with Crippen LogP contribution in [0.2, 0.25) is 0 Å². The molecule has 0 aromatic heterocycles. The molecule has 2 fully saturated rings. The Morgan fingerprint density at radius 1 is 1.13 bits per heavy atom. The Kier molecular flexibility index (Phi) is 6.86. The van der Waals surface area contributed by atoms with Gasteiger partial charge >= 0.3 is 5.97 Å². The van der Waals surface area contributed by atoms with Crippen LogP contribution in [0.4, 0.5) is 0 Å². The Labute approximate surface area is 139 Å². The van der Waals surface area contributed by atoms with E-state index in [1.54, 1.807) is 0 Å². The third kappa shape index (κ3) is 4.68. The van der Waals surface area contributed by atoms with Crippen LogP contribution in [0.15, 0.2) is 0 Å². The van der Waals surface area contributed by atoms with Gasteiger partial charge < -0.3 is 14.2 Å². The van der Waals surface area contributed by atoms with Crippen molar-refractivity contribution in [2.45, 2.75) is 77.6 Å². The van der Waals surface area contributed by atoms with E-state index < -0.39 is 11.4 Å². The van der Waals surface area contributed by atoms with Crippen LogP contribution in [0.5, 0.6) is 0 Å². The maximum Gasteiger partial charge on any atom is 0.331 e. The summed E-state index contributed by atoms with van der Waals surface area (Å²) in [6.45, 7) is 4.38. The molecule has 2 aliphatic rings. The van der Waals surface area contributed by atoms with E-state index in [2.05, 4.69) is 13.0 Å². The minimum Gasteiger partial charge on any atom is -0.461 e. The lowest BCUT2D eigenvalue weighted by Gasteiger charge is -2.35. The largest absolute Gasteiger partial charge is 0.461 e. The highest BCUT2D eigenvalue weighted by Crippen LogP contribution is 2.32. The molecule has 1 aliphatic carbocycles. The Bertz CT molecular complexity index is 415. The van der Waals surface area contributed by atoms with Crippen LogP contribution in [-0.4, -0.2) is 31.6 Å². The van der Waals surface area contributed by atoms with E-state index in [1.165, 1.54) is 12.8 Å². The molecular formula is C18H29NO4. The lowest BCUT2D eigenvalue weighted by Crippen LogP contribution is -2.48. The summed E-state index contributed by atoms with van der Waals surface area (Å²) in [5.41, 5.74) is -1.30. The van der Waals surface area contributed by atoms with Crippen LogP contribution in [0, 0.1) is 22.7 Å². The maximum absolute atomic E-state index is 12.5. The van der Waals surface area contributed by atoms with Gasteiger partial charge in [0.15, 0.2) is 6.29 Å². The number of rotatable bonds is 6. The zero-order valence-corrected chi connectivity index (χ0v) is 14.4. The molecule has 0 unspecified atom stereocenters. The Morgan fingerprint density at radius 3 is 2.26 bits per heavy atom. The minimum absolute atomic E-state index is 0.0609. The molecule has 130 valence electrons. The van der Waals surface area contributed by atoms with Gasteiger partial charge in [-0.1, -0.05) is 33.1 Å². The van der Waals surface area contributed by atoms with E-state index in [0.29, 0.717) is 0 Å². The van der Waals surface area contributed by atoms with Crippen molar-refractivity contribution in [3.8, 4) is 6.07 Å². The van der Waals surface area contributed by atoms with E-state index in [4.69, 9.17) is 14.2 Å². The van der Waals surface area contributed by atoms with Gasteiger partial charge in [0.2, 0.25) is 5.41 Å². The molecular weight excluding hydrogens is 294 g/mol. The highest BCUT2D eigenvalue weighted by atomic mass is 16.7. The second-order valence-electron chi connectivity index (χ2n) is 6.87. The molecule has 0 radical (unpaired) electrons. The van der Waals surface area contributed by atoms with Crippen molar-refractivity contribution >= 4 is 5.97 Å². The molecule has 0 bridgehead atoms. The Hall–Kier alpha value is -1.12. The first kappa shape index (κ1) is 18.2. The van der Waals surface area contributed by atoms with Crippen molar-refractivity contribution in [1.82, 2.24) is 0 Å². The van der Waals surface area contributed by atoms with Crippen LogP contribution >= 0.6 is 0 Å². The summed E-state index contributed by atoms with van der Waals surface area (Å²) in [5, 5.41) is 9.46. The van der Waals surface area contributed by atoms with Gasteiger partial charge in [0.1, 0.15) is 6.10 Å².